The van der Waals surface area contributed by atoms with Crippen LogP contribution in [0.2, 0.25) is 0 Å². The Morgan fingerprint density at radius 1 is 0.367 bits per heavy atom. The molecule has 16 aromatic rings. The Kier molecular flexibility index (Phi) is 27.1. The molecular formula is C80H61F10N25O12S. The van der Waals surface area contributed by atoms with Crippen molar-refractivity contribution in [1.82, 2.24) is 125 Å². The number of hydrogen-bond donors (Lipinski definition) is 0. The number of halogens is 10. The van der Waals surface area contributed by atoms with Gasteiger partial charge in [-0.3, -0.25) is 24.2 Å². The Labute approximate surface area is 714 Å². The van der Waals surface area contributed by atoms with Gasteiger partial charge < -0.3 is 37.3 Å². The van der Waals surface area contributed by atoms with Crippen LogP contribution in [0.4, 0.5) is 43.9 Å². The normalized spacial score (nSPS) is 12.3. The Morgan fingerprint density at radius 3 is 1.01 bits per heavy atom. The van der Waals surface area contributed by atoms with Crippen LogP contribution in [0.5, 0.6) is 24.0 Å². The Hall–Kier alpha value is -15.9. The molecule has 0 spiro atoms. The van der Waals surface area contributed by atoms with Crippen LogP contribution < -0.4 is 41.2 Å². The topological polar surface area (TPSA) is 444 Å². The van der Waals surface area contributed by atoms with Crippen LogP contribution in [0.3, 0.4) is 0 Å². The minimum atomic E-state index is -4.49. The third-order valence-electron chi connectivity index (χ3n) is 17.3. The van der Waals surface area contributed by atoms with E-state index in [1.807, 2.05) is 112 Å². The van der Waals surface area contributed by atoms with Crippen LogP contribution in [0, 0.1) is 20.8 Å². The summed E-state index contributed by atoms with van der Waals surface area (Å²) in [5, 5.41) is 38.3. The average Bonchev–Trinajstić information content (AvgIpc) is 1.13. The Morgan fingerprint density at radius 2 is 0.688 bits per heavy atom. The standard InChI is InChI=1S/C22H19FN6O4.C20H15F3N6O3.C19H14F3N7O2S.C19H13F3N6O3/c1-14-2-4-15(5-3-14)20-26-18(33-28-20)10-29-19(30)7-6-17(27-29)16-8-24-21(25-9-16)32-13-22(23)11-31-12-22;1-12-2-4-13(5-3-12)18-26-16(32-28-18)10-29-17(30)7-6-15(27-29)14-8-24-19(25-9-14)31-11-20(21,22)23;1-11-2-3-12(6-23-11)17-27-26-15(32-17)9-29-16(30)5-4-14(28-29)13-7-24-18(25-8-13)31-10-19(20,21)22;20-19(21,22)11-30-18-23-8-13(9-24-18)14-6-7-16(29)28(26-14)10-15-25-17(27-31-15)12-4-2-1-3-5-12/h2-9H,10-13H2,1H3;2-9H,10-11H2,1H3;2-8H,9-10H2,1H3;1-9H,10-11H2. The lowest BCUT2D eigenvalue weighted by Crippen LogP contribution is -2.50. The van der Waals surface area contributed by atoms with Gasteiger partial charge in [-0.15, -0.1) is 10.2 Å². The molecule has 13 aromatic heterocycles. The molecule has 0 aliphatic carbocycles. The summed E-state index contributed by atoms with van der Waals surface area (Å²) >= 11 is 1.31. The first-order valence-corrected chi connectivity index (χ1v) is 38.2. The molecule has 48 heteroatoms. The molecule has 14 heterocycles. The molecule has 0 radical (unpaired) electrons. The van der Waals surface area contributed by atoms with Gasteiger partial charge in [-0.1, -0.05) is 117 Å². The number of ether oxygens (including phenoxy) is 5. The number of benzene rings is 3. The molecule has 128 heavy (non-hydrogen) atoms. The summed E-state index contributed by atoms with van der Waals surface area (Å²) < 4.78 is 168. The van der Waals surface area contributed by atoms with Gasteiger partial charge in [0.1, 0.15) is 36.3 Å². The predicted molar refractivity (Wildman–Crippen MR) is 426 cm³/mol. The number of alkyl halides is 10. The smallest absolute Gasteiger partial charge is 0.422 e. The number of aryl methyl sites for hydroxylation is 3. The molecule has 1 aliphatic rings. The minimum absolute atomic E-state index is 0.00308. The highest BCUT2D eigenvalue weighted by molar-refractivity contribution is 7.14. The third-order valence-corrected chi connectivity index (χ3v) is 18.2. The summed E-state index contributed by atoms with van der Waals surface area (Å²) in [5.74, 6) is 1.80. The van der Waals surface area contributed by atoms with Crippen molar-refractivity contribution < 1.29 is 81.2 Å². The molecule has 0 saturated carbocycles. The fourth-order valence-electron chi connectivity index (χ4n) is 10.8. The summed E-state index contributed by atoms with van der Waals surface area (Å²) in [4.78, 5) is 96.7. The van der Waals surface area contributed by atoms with Gasteiger partial charge in [0.05, 0.1) is 42.5 Å². The summed E-state index contributed by atoms with van der Waals surface area (Å²) in [7, 11) is 0. The molecule has 1 aliphatic heterocycles. The van der Waals surface area contributed by atoms with E-state index < -0.39 is 73.2 Å². The highest BCUT2D eigenvalue weighted by Gasteiger charge is 2.40. The van der Waals surface area contributed by atoms with Gasteiger partial charge in [-0.05, 0) is 57.2 Å². The van der Waals surface area contributed by atoms with Gasteiger partial charge >= 0.3 is 42.6 Å². The first-order valence-electron chi connectivity index (χ1n) is 37.4. The lowest BCUT2D eigenvalue weighted by atomic mass is 10.1. The molecule has 0 amide bonds. The quantitative estimate of drug-likeness (QED) is 0.0480. The van der Waals surface area contributed by atoms with Crippen molar-refractivity contribution >= 4 is 11.3 Å². The second kappa shape index (κ2) is 39.3. The maximum atomic E-state index is 13.9. The zero-order chi connectivity index (χ0) is 90.1. The van der Waals surface area contributed by atoms with Gasteiger partial charge in [0.15, 0.2) is 25.5 Å². The number of hydrogen-bond acceptors (Lipinski definition) is 34. The van der Waals surface area contributed by atoms with E-state index >= 15 is 0 Å². The zero-order valence-electron chi connectivity index (χ0n) is 66.3. The number of aromatic nitrogens is 25. The molecule has 654 valence electrons. The highest BCUT2D eigenvalue weighted by atomic mass is 32.1. The summed E-state index contributed by atoms with van der Waals surface area (Å²) in [5.41, 5.74) is 6.46. The molecule has 1 fully saturated rings. The number of pyridine rings is 1. The second-order valence-electron chi connectivity index (χ2n) is 27.3. The fraction of sp³-hybridized carbons (Fsp3) is 0.212. The maximum Gasteiger partial charge on any atom is 0.422 e. The highest BCUT2D eigenvalue weighted by Crippen LogP contribution is 2.29. The number of nitrogens with zero attached hydrogens (tertiary/aromatic N) is 25. The van der Waals surface area contributed by atoms with Crippen molar-refractivity contribution in [3.8, 4) is 114 Å². The maximum absolute atomic E-state index is 13.9. The average molecular weight is 1790 g/mol. The van der Waals surface area contributed by atoms with Gasteiger partial charge in [0.25, 0.3) is 22.2 Å². The minimum Gasteiger partial charge on any atom is -0.460 e. The molecule has 0 atom stereocenters. The van der Waals surface area contributed by atoms with Crippen molar-refractivity contribution in [2.75, 3.05) is 39.6 Å². The lowest BCUT2D eigenvalue weighted by molar-refractivity contribution is -0.155. The van der Waals surface area contributed by atoms with E-state index in [1.165, 1.54) is 113 Å². The molecule has 0 bridgehead atoms. The van der Waals surface area contributed by atoms with Gasteiger partial charge in [-0.2, -0.15) is 74.9 Å². The van der Waals surface area contributed by atoms with Crippen LogP contribution in [0.25, 0.3) is 89.8 Å². The van der Waals surface area contributed by atoms with Crippen molar-refractivity contribution in [2.45, 2.75) is 71.1 Å². The van der Waals surface area contributed by atoms with E-state index in [-0.39, 0.29) is 80.8 Å². The largest absolute Gasteiger partial charge is 0.460 e. The monoisotopic (exact) mass is 1790 g/mol. The van der Waals surface area contributed by atoms with Crippen molar-refractivity contribution in [1.29, 1.82) is 0 Å². The van der Waals surface area contributed by atoms with E-state index in [1.54, 1.807) is 12.3 Å². The number of rotatable bonds is 25. The Balaban J connectivity index is 0.000000138. The van der Waals surface area contributed by atoms with Crippen LogP contribution in [0.15, 0.2) is 228 Å². The van der Waals surface area contributed by atoms with E-state index in [0.717, 1.165) is 48.4 Å². The molecule has 17 rings (SSSR count). The summed E-state index contributed by atoms with van der Waals surface area (Å²) in [6, 6.07) is 38.2. The molecule has 3 aromatic carbocycles. The summed E-state index contributed by atoms with van der Waals surface area (Å²) in [6.07, 6.45) is -1.27. The first kappa shape index (κ1) is 88.4. The first-order chi connectivity index (χ1) is 61.4. The SMILES string of the molecule is Cc1ccc(-c2nnc(Cn3nc(-c4cnc(OCC(F)(F)F)nc4)ccc3=O)s2)cn1.Cc1ccc(-c2noc(Cn3nc(-c4cnc(OCC(F)(F)F)nc4)ccc3=O)n2)cc1.Cc1ccc(-c2noc(Cn3nc(-c4cnc(OCC5(F)COC5)nc4)ccc3=O)n2)cc1.O=c1ccc(-c2cnc(OCC(F)(F)F)nc2)nn1Cc1nc(-c2ccccc2)no1. The van der Waals surface area contributed by atoms with Crippen LogP contribution in [-0.4, -0.2) is 188 Å². The van der Waals surface area contributed by atoms with E-state index in [2.05, 4.69) is 120 Å². The van der Waals surface area contributed by atoms with Crippen LogP contribution >= 0.6 is 11.3 Å². The molecule has 0 unspecified atom stereocenters. The molecule has 1 saturated heterocycles. The summed E-state index contributed by atoms with van der Waals surface area (Å²) in [6.45, 7) is 1.15. The fourth-order valence-corrected chi connectivity index (χ4v) is 11.7. The van der Waals surface area contributed by atoms with Gasteiger partial charge in [-0.25, -0.2) is 63.0 Å². The zero-order valence-corrected chi connectivity index (χ0v) is 67.1. The Bertz CT molecular complexity index is 6490. The van der Waals surface area contributed by atoms with Gasteiger partial charge in [0.2, 0.25) is 35.1 Å². The molecule has 0 N–H and O–H groups in total. The van der Waals surface area contributed by atoms with E-state index in [4.69, 9.17) is 23.0 Å². The van der Waals surface area contributed by atoms with Crippen molar-refractivity contribution in [3.63, 3.8) is 0 Å². The van der Waals surface area contributed by atoms with Gasteiger partial charge in [0, 0.05) is 130 Å². The third kappa shape index (κ3) is 24.7. The van der Waals surface area contributed by atoms with Crippen LogP contribution in [-0.2, 0) is 30.9 Å². The van der Waals surface area contributed by atoms with Crippen molar-refractivity contribution in [3.05, 3.63) is 276 Å². The molecular weight excluding hydrogens is 1730 g/mol. The van der Waals surface area contributed by atoms with E-state index in [9.17, 15) is 63.1 Å². The van der Waals surface area contributed by atoms with Crippen molar-refractivity contribution in [2.24, 2.45) is 0 Å². The lowest BCUT2D eigenvalue weighted by Gasteiger charge is -2.32. The molecule has 37 nitrogen and oxygen atoms in total. The van der Waals surface area contributed by atoms with E-state index in [0.29, 0.717) is 72.5 Å². The van der Waals surface area contributed by atoms with Crippen LogP contribution in [0.1, 0.15) is 39.5 Å². The predicted octanol–water partition coefficient (Wildman–Crippen LogP) is 10.9. The second-order valence-corrected chi connectivity index (χ2v) is 28.4.